The van der Waals surface area contributed by atoms with Crippen LogP contribution < -0.4 is 4.90 Å². The molecule has 102 valence electrons. The van der Waals surface area contributed by atoms with Gasteiger partial charge in [0.25, 0.3) is 5.69 Å². The minimum Gasteiger partial charge on any atom is -0.480 e. The molecule has 0 saturated carbocycles. The molecule has 0 unspecified atom stereocenters. The Hall–Kier alpha value is -2.64. The summed E-state index contributed by atoms with van der Waals surface area (Å²) in [6.07, 6.45) is 0. The summed E-state index contributed by atoms with van der Waals surface area (Å²) in [5, 5.41) is 28.5. The fraction of sp³-hybridized carbons (Fsp3) is 0.273. The van der Waals surface area contributed by atoms with Gasteiger partial charge in [-0.15, -0.1) is 0 Å². The molecule has 0 spiro atoms. The summed E-state index contributed by atoms with van der Waals surface area (Å²) in [4.78, 5) is 32.7. The van der Waals surface area contributed by atoms with E-state index >= 15 is 0 Å². The first-order chi connectivity index (χ1) is 8.82. The lowest BCUT2D eigenvalue weighted by molar-refractivity contribution is -0.384. The van der Waals surface area contributed by atoms with Crippen molar-refractivity contribution in [1.29, 1.82) is 0 Å². The zero-order valence-corrected chi connectivity index (χ0v) is 10.1. The van der Waals surface area contributed by atoms with Crippen molar-refractivity contribution in [1.82, 2.24) is 0 Å². The van der Waals surface area contributed by atoms with Crippen LogP contribution in [0.4, 0.5) is 11.4 Å². The monoisotopic (exact) mass is 268 g/mol. The van der Waals surface area contributed by atoms with Crippen molar-refractivity contribution in [2.24, 2.45) is 0 Å². The van der Waals surface area contributed by atoms with Gasteiger partial charge in [-0.05, 0) is 13.0 Å². The standard InChI is InChI=1S/C11H12N2O6/c1-7-3-2-4-8(11(7)13(18)19)12(5-9(14)15)6-10(16)17/h2-4H,5-6H2,1H3,(H,14,15)(H,16,17). The second-order valence-corrected chi connectivity index (χ2v) is 3.84. The molecule has 0 aliphatic carbocycles. The lowest BCUT2D eigenvalue weighted by Gasteiger charge is -2.20. The Morgan fingerprint density at radius 3 is 2.21 bits per heavy atom. The average Bonchev–Trinajstić information content (AvgIpc) is 2.25. The number of nitro benzene ring substituents is 1. The number of hydrogen-bond acceptors (Lipinski definition) is 5. The molecule has 1 aromatic rings. The van der Waals surface area contributed by atoms with Crippen LogP contribution in [0.15, 0.2) is 18.2 Å². The lowest BCUT2D eigenvalue weighted by atomic mass is 10.1. The van der Waals surface area contributed by atoms with E-state index in [0.29, 0.717) is 5.56 Å². The van der Waals surface area contributed by atoms with Gasteiger partial charge in [-0.25, -0.2) is 0 Å². The molecule has 8 nitrogen and oxygen atoms in total. The molecule has 1 rings (SSSR count). The SMILES string of the molecule is Cc1cccc(N(CC(=O)O)CC(=O)O)c1[N+](=O)[O-]. The minimum absolute atomic E-state index is 0.0187. The van der Waals surface area contributed by atoms with Crippen LogP contribution in [0, 0.1) is 17.0 Å². The van der Waals surface area contributed by atoms with E-state index in [-0.39, 0.29) is 11.4 Å². The number of carboxylic acid groups (broad SMARTS) is 2. The molecule has 0 amide bonds. The van der Waals surface area contributed by atoms with Gasteiger partial charge in [0.15, 0.2) is 0 Å². The highest BCUT2D eigenvalue weighted by molar-refractivity contribution is 5.82. The summed E-state index contributed by atoms with van der Waals surface area (Å²) in [7, 11) is 0. The van der Waals surface area contributed by atoms with Crippen LogP contribution in [0.25, 0.3) is 0 Å². The van der Waals surface area contributed by atoms with Crippen molar-refractivity contribution in [3.8, 4) is 0 Å². The fourth-order valence-corrected chi connectivity index (χ4v) is 1.69. The molecular formula is C11H12N2O6. The number of hydrogen-bond donors (Lipinski definition) is 2. The van der Waals surface area contributed by atoms with E-state index in [1.807, 2.05) is 0 Å². The summed E-state index contributed by atoms with van der Waals surface area (Å²) in [5.41, 5.74) is 0.0306. The number of benzene rings is 1. The first kappa shape index (κ1) is 14.4. The molecule has 0 radical (unpaired) electrons. The van der Waals surface area contributed by atoms with Crippen molar-refractivity contribution in [2.75, 3.05) is 18.0 Å². The van der Waals surface area contributed by atoms with Gasteiger partial charge in [0.05, 0.1) is 4.92 Å². The van der Waals surface area contributed by atoms with E-state index in [0.717, 1.165) is 4.90 Å². The molecule has 0 aromatic heterocycles. The predicted octanol–water partition coefficient (Wildman–Crippen LogP) is 0.879. The molecule has 0 heterocycles. The second-order valence-electron chi connectivity index (χ2n) is 3.84. The van der Waals surface area contributed by atoms with Crippen LogP contribution in [0.2, 0.25) is 0 Å². The largest absolute Gasteiger partial charge is 0.480 e. The minimum atomic E-state index is -1.27. The Bertz CT molecular complexity index is 512. The maximum Gasteiger partial charge on any atom is 0.323 e. The molecular weight excluding hydrogens is 256 g/mol. The molecule has 0 bridgehead atoms. The van der Waals surface area contributed by atoms with Gasteiger partial charge in [0.2, 0.25) is 0 Å². The van der Waals surface area contributed by atoms with Crippen LogP contribution in [0.3, 0.4) is 0 Å². The van der Waals surface area contributed by atoms with E-state index in [1.54, 1.807) is 0 Å². The van der Waals surface area contributed by atoms with E-state index in [1.165, 1.54) is 25.1 Å². The summed E-state index contributed by atoms with van der Waals surface area (Å²) in [6, 6.07) is 4.34. The number of para-hydroxylation sites is 1. The molecule has 2 N–H and O–H groups in total. The normalized spacial score (nSPS) is 9.95. The van der Waals surface area contributed by atoms with E-state index < -0.39 is 30.0 Å². The topological polar surface area (TPSA) is 121 Å². The number of carbonyl (C=O) groups is 2. The van der Waals surface area contributed by atoms with E-state index in [2.05, 4.69) is 0 Å². The third kappa shape index (κ3) is 3.66. The van der Waals surface area contributed by atoms with Crippen LogP contribution >= 0.6 is 0 Å². The van der Waals surface area contributed by atoms with Crippen molar-refractivity contribution in [3.63, 3.8) is 0 Å². The van der Waals surface area contributed by atoms with Crippen molar-refractivity contribution in [2.45, 2.75) is 6.92 Å². The summed E-state index contributed by atoms with van der Waals surface area (Å²) in [5.74, 6) is -2.53. The second kappa shape index (κ2) is 5.80. The smallest absolute Gasteiger partial charge is 0.323 e. The number of nitrogens with zero attached hydrogens (tertiary/aromatic N) is 2. The zero-order chi connectivity index (χ0) is 14.6. The molecule has 1 aromatic carbocycles. The Labute approximate surface area is 108 Å². The van der Waals surface area contributed by atoms with E-state index in [4.69, 9.17) is 10.2 Å². The van der Waals surface area contributed by atoms with Gasteiger partial charge < -0.3 is 15.1 Å². The summed E-state index contributed by atoms with van der Waals surface area (Å²) >= 11 is 0. The molecule has 0 atom stereocenters. The molecule has 19 heavy (non-hydrogen) atoms. The third-order valence-corrected chi connectivity index (χ3v) is 2.39. The van der Waals surface area contributed by atoms with Gasteiger partial charge >= 0.3 is 11.9 Å². The number of rotatable bonds is 6. The van der Waals surface area contributed by atoms with Crippen molar-refractivity contribution < 1.29 is 24.7 Å². The molecule has 0 fully saturated rings. The highest BCUT2D eigenvalue weighted by atomic mass is 16.6. The maximum atomic E-state index is 11.0. The Balaban J connectivity index is 3.28. The number of aliphatic carboxylic acids is 2. The summed E-state index contributed by atoms with van der Waals surface area (Å²) < 4.78 is 0. The number of nitro groups is 1. The molecule has 0 aliphatic heterocycles. The maximum absolute atomic E-state index is 11.0. The number of carboxylic acids is 2. The Kier molecular flexibility index (Phi) is 4.41. The van der Waals surface area contributed by atoms with Crippen LogP contribution in [-0.2, 0) is 9.59 Å². The molecule has 0 aliphatic rings. The van der Waals surface area contributed by atoms with Gasteiger partial charge in [-0.2, -0.15) is 0 Å². The highest BCUT2D eigenvalue weighted by Gasteiger charge is 2.24. The lowest BCUT2D eigenvalue weighted by Crippen LogP contribution is -2.35. The summed E-state index contributed by atoms with van der Waals surface area (Å²) in [6.45, 7) is 0.245. The number of aryl methyl sites for hydroxylation is 1. The van der Waals surface area contributed by atoms with Gasteiger partial charge in [-0.3, -0.25) is 19.7 Å². The highest BCUT2D eigenvalue weighted by Crippen LogP contribution is 2.31. The van der Waals surface area contributed by atoms with Gasteiger partial charge in [0, 0.05) is 5.56 Å². The zero-order valence-electron chi connectivity index (χ0n) is 10.1. The van der Waals surface area contributed by atoms with Crippen LogP contribution in [-0.4, -0.2) is 40.2 Å². The molecule has 0 saturated heterocycles. The first-order valence-electron chi connectivity index (χ1n) is 5.25. The fourth-order valence-electron chi connectivity index (χ4n) is 1.69. The van der Waals surface area contributed by atoms with E-state index in [9.17, 15) is 19.7 Å². The predicted molar refractivity (Wildman–Crippen MR) is 65.3 cm³/mol. The first-order valence-corrected chi connectivity index (χ1v) is 5.25. The van der Waals surface area contributed by atoms with Crippen LogP contribution in [0.5, 0.6) is 0 Å². The van der Waals surface area contributed by atoms with Gasteiger partial charge in [-0.1, -0.05) is 12.1 Å². The number of anilines is 1. The third-order valence-electron chi connectivity index (χ3n) is 2.39. The van der Waals surface area contributed by atoms with Crippen molar-refractivity contribution in [3.05, 3.63) is 33.9 Å². The molecule has 8 heteroatoms. The Morgan fingerprint density at radius 1 is 1.26 bits per heavy atom. The Morgan fingerprint density at radius 2 is 1.79 bits per heavy atom. The van der Waals surface area contributed by atoms with Crippen LogP contribution in [0.1, 0.15) is 5.56 Å². The van der Waals surface area contributed by atoms with Crippen molar-refractivity contribution >= 4 is 23.3 Å². The van der Waals surface area contributed by atoms with Gasteiger partial charge in [0.1, 0.15) is 18.8 Å². The average molecular weight is 268 g/mol. The quantitative estimate of drug-likeness (QED) is 0.580.